The first-order valence-electron chi connectivity index (χ1n) is 20.0. The number of amides is 2. The molecule has 56 heavy (non-hydrogen) atoms. The summed E-state index contributed by atoms with van der Waals surface area (Å²) in [6.07, 6.45) is 5.43. The topological polar surface area (TPSA) is 125 Å². The number of pyridine rings is 1. The Morgan fingerprint density at radius 3 is 2.48 bits per heavy atom. The van der Waals surface area contributed by atoms with Crippen molar-refractivity contribution < 1.29 is 18.7 Å². The molecule has 7 rings (SSSR count). The number of fused-ring (bicyclic) bond motifs is 1. The van der Waals surface area contributed by atoms with Crippen LogP contribution in [0.2, 0.25) is 0 Å². The maximum Gasteiger partial charge on any atom is 0.251 e. The van der Waals surface area contributed by atoms with E-state index in [2.05, 4.69) is 50.3 Å². The van der Waals surface area contributed by atoms with Gasteiger partial charge in [0.2, 0.25) is 0 Å². The summed E-state index contributed by atoms with van der Waals surface area (Å²) in [6, 6.07) is 18.4. The van der Waals surface area contributed by atoms with Gasteiger partial charge in [-0.2, -0.15) is 5.10 Å². The second-order valence-electron chi connectivity index (χ2n) is 14.8. The highest BCUT2D eigenvalue weighted by Gasteiger charge is 2.23. The van der Waals surface area contributed by atoms with Crippen molar-refractivity contribution in [1.82, 2.24) is 35.6 Å². The molecule has 2 amide bonds. The third-order valence-corrected chi connectivity index (χ3v) is 10.8. The maximum absolute atomic E-state index is 15.2. The molecule has 0 spiro atoms. The van der Waals surface area contributed by atoms with Crippen molar-refractivity contribution in [2.75, 3.05) is 44.7 Å². The summed E-state index contributed by atoms with van der Waals surface area (Å²) in [5.41, 5.74) is 8.37. The average molecular weight is 761 g/mol. The Labute approximate surface area is 328 Å². The van der Waals surface area contributed by atoms with Crippen LogP contribution < -0.4 is 21.3 Å². The van der Waals surface area contributed by atoms with Crippen LogP contribution in [0.4, 0.5) is 10.1 Å². The molecule has 12 heteroatoms. The third kappa shape index (κ3) is 9.26. The number of carbonyl (C=O) groups excluding carboxylic acids is 2. The number of nitrogens with one attached hydrogen (secondary N) is 4. The average Bonchev–Trinajstić information content (AvgIpc) is 3.46. The van der Waals surface area contributed by atoms with E-state index in [1.165, 1.54) is 6.07 Å². The van der Waals surface area contributed by atoms with Gasteiger partial charge in [0, 0.05) is 86.5 Å². The van der Waals surface area contributed by atoms with Gasteiger partial charge in [-0.1, -0.05) is 31.2 Å². The predicted octanol–water partition coefficient (Wildman–Crippen LogP) is 6.37. The van der Waals surface area contributed by atoms with Crippen LogP contribution in [0.3, 0.4) is 0 Å². The van der Waals surface area contributed by atoms with Crippen LogP contribution in [0.15, 0.2) is 66.9 Å². The molecule has 294 valence electrons. The maximum atomic E-state index is 15.2. The summed E-state index contributed by atoms with van der Waals surface area (Å²) < 4.78 is 22.7. The third-order valence-electron chi connectivity index (χ3n) is 10.8. The molecule has 0 radical (unpaired) electrons. The summed E-state index contributed by atoms with van der Waals surface area (Å²) in [6.45, 7) is 13.4. The lowest BCUT2D eigenvalue weighted by Crippen LogP contribution is -2.30. The Morgan fingerprint density at radius 1 is 0.929 bits per heavy atom. The van der Waals surface area contributed by atoms with Gasteiger partial charge in [-0.15, -0.1) is 0 Å². The molecule has 3 aromatic carbocycles. The monoisotopic (exact) mass is 760 g/mol. The van der Waals surface area contributed by atoms with Crippen molar-refractivity contribution >= 4 is 28.5 Å². The lowest BCUT2D eigenvalue weighted by molar-refractivity contribution is 0.0904. The number of nitrogens with zero attached hydrogens (tertiary/aromatic N) is 4. The molecule has 0 unspecified atom stereocenters. The first-order chi connectivity index (χ1) is 27.3. The second-order valence-corrected chi connectivity index (χ2v) is 14.8. The summed E-state index contributed by atoms with van der Waals surface area (Å²) in [5.74, 6) is -0.916. The van der Waals surface area contributed by atoms with Crippen LogP contribution in [0.5, 0.6) is 0 Å². The van der Waals surface area contributed by atoms with E-state index in [4.69, 9.17) is 9.72 Å². The standard InChI is InChI=1S/C44H53FN8O3/c1-4-40-37(41(50-35-12-18-56-19-13-35)38-27-49-53(5-2)42(38)51-40)26-48-44(55)34-21-29(3)20-33(24-34)43(54)47-25-30-10-11-39(45)36(23-30)32-9-6-8-31(22-32)28-52-16-7-14-46-15-17-52/h6,8-11,20-24,27,35,46H,4-5,7,12-19,25-26,28H2,1-3H3,(H,47,54)(H,48,55)(H,50,51). The largest absolute Gasteiger partial charge is 0.381 e. The number of halogens is 1. The van der Waals surface area contributed by atoms with Gasteiger partial charge in [-0.3, -0.25) is 14.5 Å². The van der Waals surface area contributed by atoms with Gasteiger partial charge in [-0.05, 0) is 111 Å². The first-order valence-corrected chi connectivity index (χ1v) is 20.0. The highest BCUT2D eigenvalue weighted by Crippen LogP contribution is 2.32. The Morgan fingerprint density at radius 2 is 1.71 bits per heavy atom. The quantitative estimate of drug-likeness (QED) is 0.109. The molecule has 2 aliphatic rings. The molecule has 2 fully saturated rings. The van der Waals surface area contributed by atoms with Crippen molar-refractivity contribution in [3.8, 4) is 11.1 Å². The molecule has 2 aliphatic heterocycles. The number of ether oxygens (including phenoxy) is 1. The van der Waals surface area contributed by atoms with E-state index in [0.29, 0.717) is 42.9 Å². The van der Waals surface area contributed by atoms with Gasteiger partial charge in [0.25, 0.3) is 11.8 Å². The van der Waals surface area contributed by atoms with Crippen LogP contribution >= 0.6 is 0 Å². The number of hydrogen-bond donors (Lipinski definition) is 4. The van der Waals surface area contributed by atoms with E-state index >= 15 is 4.39 Å². The van der Waals surface area contributed by atoms with E-state index in [9.17, 15) is 9.59 Å². The Balaban J connectivity index is 1.04. The minimum Gasteiger partial charge on any atom is -0.381 e. The molecule has 2 aromatic heterocycles. The van der Waals surface area contributed by atoms with Crippen molar-refractivity contribution in [3.05, 3.63) is 112 Å². The van der Waals surface area contributed by atoms with Crippen LogP contribution in [0, 0.1) is 12.7 Å². The van der Waals surface area contributed by atoms with E-state index in [0.717, 1.165) is 102 Å². The minimum atomic E-state index is -0.318. The molecule has 11 nitrogen and oxygen atoms in total. The van der Waals surface area contributed by atoms with Gasteiger partial charge in [0.15, 0.2) is 5.65 Å². The molecule has 0 atom stereocenters. The lowest BCUT2D eigenvalue weighted by Gasteiger charge is -2.26. The van der Waals surface area contributed by atoms with Crippen molar-refractivity contribution in [2.45, 2.75) is 78.7 Å². The summed E-state index contributed by atoms with van der Waals surface area (Å²) in [4.78, 5) is 34.7. The fourth-order valence-electron chi connectivity index (χ4n) is 7.76. The van der Waals surface area contributed by atoms with Crippen molar-refractivity contribution in [1.29, 1.82) is 0 Å². The molecule has 2 saturated heterocycles. The van der Waals surface area contributed by atoms with Gasteiger partial charge < -0.3 is 26.0 Å². The molecule has 0 saturated carbocycles. The molecule has 5 aromatic rings. The molecular weight excluding hydrogens is 708 g/mol. The van der Waals surface area contributed by atoms with Gasteiger partial charge in [-0.25, -0.2) is 14.1 Å². The lowest BCUT2D eigenvalue weighted by atomic mass is 10.00. The Kier molecular flexibility index (Phi) is 12.7. The van der Waals surface area contributed by atoms with E-state index < -0.39 is 0 Å². The SMILES string of the molecule is CCc1nc2c(cnn2CC)c(NC2CCOCC2)c1CNC(=O)c1cc(C)cc(C(=O)NCc2ccc(F)c(-c3cccc(CN4CCCNCC4)c3)c2)c1. The van der Waals surface area contributed by atoms with Crippen LogP contribution in [0.25, 0.3) is 22.2 Å². The predicted molar refractivity (Wildman–Crippen MR) is 218 cm³/mol. The fraction of sp³-hybridized carbons (Fsp3) is 0.409. The van der Waals surface area contributed by atoms with E-state index in [-0.39, 0.29) is 36.8 Å². The van der Waals surface area contributed by atoms with Crippen molar-refractivity contribution in [3.63, 3.8) is 0 Å². The fourth-order valence-corrected chi connectivity index (χ4v) is 7.76. The van der Waals surface area contributed by atoms with E-state index in [1.807, 2.05) is 36.9 Å². The zero-order valence-corrected chi connectivity index (χ0v) is 32.7. The summed E-state index contributed by atoms with van der Waals surface area (Å²) in [7, 11) is 0. The summed E-state index contributed by atoms with van der Waals surface area (Å²) >= 11 is 0. The van der Waals surface area contributed by atoms with Gasteiger partial charge in [0.05, 0.1) is 17.3 Å². The number of benzene rings is 3. The normalized spacial score (nSPS) is 15.4. The summed E-state index contributed by atoms with van der Waals surface area (Å²) in [5, 5.41) is 18.8. The Bertz CT molecular complexity index is 2170. The second kappa shape index (κ2) is 18.2. The highest BCUT2D eigenvalue weighted by molar-refractivity contribution is 6.00. The van der Waals surface area contributed by atoms with Crippen LogP contribution in [-0.2, 0) is 37.3 Å². The number of carbonyl (C=O) groups is 2. The van der Waals surface area contributed by atoms with Crippen LogP contribution in [-0.4, -0.2) is 76.9 Å². The number of aromatic nitrogens is 3. The number of aryl methyl sites for hydroxylation is 3. The highest BCUT2D eigenvalue weighted by atomic mass is 19.1. The number of anilines is 1. The molecule has 4 heterocycles. The zero-order chi connectivity index (χ0) is 39.0. The Hall–Kier alpha value is -5.17. The molecule has 0 bridgehead atoms. The van der Waals surface area contributed by atoms with Gasteiger partial charge >= 0.3 is 0 Å². The van der Waals surface area contributed by atoms with Gasteiger partial charge in [0.1, 0.15) is 5.82 Å². The number of hydrogen-bond acceptors (Lipinski definition) is 8. The molecular formula is C44H53FN8O3. The zero-order valence-electron chi connectivity index (χ0n) is 32.7. The van der Waals surface area contributed by atoms with Crippen LogP contribution in [0.1, 0.15) is 81.8 Å². The van der Waals surface area contributed by atoms with E-state index in [1.54, 1.807) is 30.3 Å². The van der Waals surface area contributed by atoms with Crippen molar-refractivity contribution in [2.24, 2.45) is 0 Å². The first kappa shape index (κ1) is 39.1. The number of rotatable bonds is 13. The smallest absolute Gasteiger partial charge is 0.251 e. The molecule has 4 N–H and O–H groups in total. The molecule has 0 aliphatic carbocycles. The minimum absolute atomic E-state index is 0.203.